The van der Waals surface area contributed by atoms with Crippen molar-refractivity contribution < 1.29 is 0 Å². The highest BCUT2D eigenvalue weighted by atomic mass is 79.9. The molecule has 0 bridgehead atoms. The van der Waals surface area contributed by atoms with Gasteiger partial charge in [-0.25, -0.2) is 4.98 Å². The van der Waals surface area contributed by atoms with Gasteiger partial charge >= 0.3 is 0 Å². The number of unbranched alkanes of at least 4 members (excludes halogenated alkanes) is 1. The van der Waals surface area contributed by atoms with Crippen LogP contribution in [0.3, 0.4) is 0 Å². The normalized spacial score (nSPS) is 11.1. The van der Waals surface area contributed by atoms with Crippen molar-refractivity contribution >= 4 is 32.7 Å². The number of fused-ring (bicyclic) bond motifs is 1. The number of anilines is 1. The van der Waals surface area contributed by atoms with Crippen molar-refractivity contribution in [1.29, 1.82) is 0 Å². The smallest absolute Gasteiger partial charge is 0.131 e. The van der Waals surface area contributed by atoms with Crippen molar-refractivity contribution in [2.24, 2.45) is 0 Å². The highest BCUT2D eigenvalue weighted by molar-refractivity contribution is 9.10. The number of aromatic nitrogens is 3. The highest BCUT2D eigenvalue weighted by Gasteiger charge is 2.14. The molecule has 3 aromatic rings. The van der Waals surface area contributed by atoms with Crippen LogP contribution in [-0.4, -0.2) is 14.5 Å². The number of benzene rings is 1. The van der Waals surface area contributed by atoms with Crippen molar-refractivity contribution in [2.45, 2.75) is 26.3 Å². The third kappa shape index (κ3) is 2.53. The molecular weight excluding hydrogens is 328 g/mol. The predicted molar refractivity (Wildman–Crippen MR) is 90.0 cm³/mol. The van der Waals surface area contributed by atoms with Gasteiger partial charge in [0.15, 0.2) is 0 Å². The molecule has 1 aromatic carbocycles. The average Bonchev–Trinajstić information content (AvgIpc) is 2.87. The molecule has 21 heavy (non-hydrogen) atoms. The maximum atomic E-state index is 6.27. The van der Waals surface area contributed by atoms with E-state index in [1.54, 1.807) is 6.20 Å². The van der Waals surface area contributed by atoms with Gasteiger partial charge in [-0.05, 0) is 24.6 Å². The molecule has 4 nitrogen and oxygen atoms in total. The Labute approximate surface area is 132 Å². The van der Waals surface area contributed by atoms with Crippen LogP contribution in [0, 0.1) is 0 Å². The minimum Gasteiger partial charge on any atom is -0.383 e. The molecule has 0 atom stereocenters. The first-order valence-electron chi connectivity index (χ1n) is 7.06. The summed E-state index contributed by atoms with van der Waals surface area (Å²) in [6.45, 7) is 3.07. The van der Waals surface area contributed by atoms with Gasteiger partial charge in [-0.3, -0.25) is 4.98 Å². The molecule has 0 radical (unpaired) electrons. The second-order valence-corrected chi connectivity index (χ2v) is 5.87. The quantitative estimate of drug-likeness (QED) is 0.769. The van der Waals surface area contributed by atoms with E-state index in [0.29, 0.717) is 5.82 Å². The molecule has 2 heterocycles. The van der Waals surface area contributed by atoms with E-state index in [4.69, 9.17) is 5.73 Å². The lowest BCUT2D eigenvalue weighted by Gasteiger charge is -2.07. The Hall–Kier alpha value is -1.88. The van der Waals surface area contributed by atoms with Crippen molar-refractivity contribution in [1.82, 2.24) is 14.5 Å². The number of nitrogens with two attached hydrogens (primary N) is 1. The first-order valence-corrected chi connectivity index (χ1v) is 7.86. The van der Waals surface area contributed by atoms with Crippen LogP contribution in [0.15, 0.2) is 41.3 Å². The molecule has 5 heteroatoms. The monoisotopic (exact) mass is 344 g/mol. The lowest BCUT2D eigenvalue weighted by Crippen LogP contribution is -2.02. The summed E-state index contributed by atoms with van der Waals surface area (Å²) in [6, 6.07) is 8.01. The van der Waals surface area contributed by atoms with Gasteiger partial charge in [-0.1, -0.05) is 35.3 Å². The van der Waals surface area contributed by atoms with Gasteiger partial charge < -0.3 is 10.3 Å². The van der Waals surface area contributed by atoms with Gasteiger partial charge in [0.2, 0.25) is 0 Å². The first-order chi connectivity index (χ1) is 10.2. The van der Waals surface area contributed by atoms with Crippen LogP contribution < -0.4 is 5.73 Å². The zero-order valence-corrected chi connectivity index (χ0v) is 13.5. The summed E-state index contributed by atoms with van der Waals surface area (Å²) in [5.41, 5.74) is 8.96. The van der Waals surface area contributed by atoms with Crippen molar-refractivity contribution in [3.63, 3.8) is 0 Å². The zero-order chi connectivity index (χ0) is 14.8. The molecule has 3 rings (SSSR count). The third-order valence-corrected chi connectivity index (χ3v) is 4.29. The molecule has 0 aliphatic carbocycles. The summed E-state index contributed by atoms with van der Waals surface area (Å²) in [4.78, 5) is 9.00. The number of rotatable bonds is 4. The van der Waals surface area contributed by atoms with Crippen molar-refractivity contribution in [3.8, 4) is 11.3 Å². The standard InChI is InChI=1S/C16H17BrN4/c1-2-3-9-21-10-20-15(16(21)18)12-6-7-13(17)11-5-4-8-19-14(11)12/h4-8,10H,2-3,9,18H2,1H3. The summed E-state index contributed by atoms with van der Waals surface area (Å²) >= 11 is 3.56. The Morgan fingerprint density at radius 2 is 2.10 bits per heavy atom. The van der Waals surface area contributed by atoms with Crippen molar-refractivity contribution in [3.05, 3.63) is 41.3 Å². The molecule has 108 valence electrons. The second-order valence-electron chi connectivity index (χ2n) is 5.02. The summed E-state index contributed by atoms with van der Waals surface area (Å²) in [6.07, 6.45) is 5.84. The fraction of sp³-hybridized carbons (Fsp3) is 0.250. The van der Waals surface area contributed by atoms with Crippen LogP contribution in [0.1, 0.15) is 19.8 Å². The van der Waals surface area contributed by atoms with Crippen LogP contribution >= 0.6 is 15.9 Å². The van der Waals surface area contributed by atoms with Crippen molar-refractivity contribution in [2.75, 3.05) is 5.73 Å². The Morgan fingerprint density at radius 3 is 2.90 bits per heavy atom. The van der Waals surface area contributed by atoms with E-state index in [2.05, 4.69) is 32.8 Å². The Balaban J connectivity index is 2.13. The van der Waals surface area contributed by atoms with Gasteiger partial charge in [0.1, 0.15) is 11.5 Å². The number of aryl methyl sites for hydroxylation is 1. The highest BCUT2D eigenvalue weighted by Crippen LogP contribution is 2.33. The van der Waals surface area contributed by atoms with E-state index in [1.807, 2.05) is 35.2 Å². The molecular formula is C16H17BrN4. The molecule has 0 aliphatic heterocycles. The molecule has 0 fully saturated rings. The van der Waals surface area contributed by atoms with E-state index >= 15 is 0 Å². The molecule has 0 saturated carbocycles. The molecule has 0 unspecified atom stereocenters. The summed E-state index contributed by atoms with van der Waals surface area (Å²) < 4.78 is 3.04. The number of hydrogen-bond acceptors (Lipinski definition) is 3. The van der Waals surface area contributed by atoms with E-state index in [1.165, 1.54) is 0 Å². The Morgan fingerprint density at radius 1 is 1.24 bits per heavy atom. The van der Waals surface area contributed by atoms with Crippen LogP contribution in [-0.2, 0) is 6.54 Å². The number of pyridine rings is 1. The van der Waals surface area contributed by atoms with Gasteiger partial charge in [0.05, 0.1) is 11.8 Å². The van der Waals surface area contributed by atoms with Gasteiger partial charge in [-0.15, -0.1) is 0 Å². The van der Waals surface area contributed by atoms with Crippen LogP contribution in [0.25, 0.3) is 22.2 Å². The van der Waals surface area contributed by atoms with E-state index in [0.717, 1.165) is 46.0 Å². The number of imidazole rings is 1. The maximum Gasteiger partial charge on any atom is 0.131 e. The Bertz CT molecular complexity index is 779. The SMILES string of the molecule is CCCCn1cnc(-c2ccc(Br)c3cccnc23)c1N. The topological polar surface area (TPSA) is 56.7 Å². The van der Waals surface area contributed by atoms with Gasteiger partial charge in [0, 0.05) is 28.2 Å². The molecule has 2 aromatic heterocycles. The predicted octanol–water partition coefficient (Wildman–Crippen LogP) is 4.24. The number of halogens is 1. The maximum absolute atomic E-state index is 6.27. The lowest BCUT2D eigenvalue weighted by molar-refractivity contribution is 0.637. The number of hydrogen-bond donors (Lipinski definition) is 1. The Kier molecular flexibility index (Phi) is 3.92. The fourth-order valence-corrected chi connectivity index (χ4v) is 2.89. The molecule has 0 amide bonds. The minimum atomic E-state index is 0.706. The largest absolute Gasteiger partial charge is 0.383 e. The molecule has 0 saturated heterocycles. The van der Waals surface area contributed by atoms with Crippen LogP contribution in [0.2, 0.25) is 0 Å². The summed E-state index contributed by atoms with van der Waals surface area (Å²) in [7, 11) is 0. The van der Waals surface area contributed by atoms with E-state index in [-0.39, 0.29) is 0 Å². The van der Waals surface area contributed by atoms with E-state index in [9.17, 15) is 0 Å². The molecule has 0 spiro atoms. The average molecular weight is 345 g/mol. The third-order valence-electron chi connectivity index (χ3n) is 3.60. The minimum absolute atomic E-state index is 0.706. The van der Waals surface area contributed by atoms with Crippen LogP contribution in [0.4, 0.5) is 5.82 Å². The number of nitrogens with zero attached hydrogens (tertiary/aromatic N) is 3. The summed E-state index contributed by atoms with van der Waals surface area (Å²) in [5.74, 6) is 0.706. The van der Waals surface area contributed by atoms with E-state index < -0.39 is 0 Å². The first kappa shape index (κ1) is 14.1. The lowest BCUT2D eigenvalue weighted by atomic mass is 10.1. The summed E-state index contributed by atoms with van der Waals surface area (Å²) in [5, 5.41) is 1.07. The van der Waals surface area contributed by atoms with Crippen LogP contribution in [0.5, 0.6) is 0 Å². The zero-order valence-electron chi connectivity index (χ0n) is 11.9. The second kappa shape index (κ2) is 5.85. The molecule has 0 aliphatic rings. The fourth-order valence-electron chi connectivity index (χ4n) is 2.43. The van der Waals surface area contributed by atoms with Gasteiger partial charge in [-0.2, -0.15) is 0 Å². The van der Waals surface area contributed by atoms with Gasteiger partial charge in [0.25, 0.3) is 0 Å². The number of nitrogen functional groups attached to an aromatic ring is 1. The molecule has 2 N–H and O–H groups in total.